The second-order valence-corrected chi connectivity index (χ2v) is 2.31. The van der Waals surface area contributed by atoms with Crippen molar-refractivity contribution in [3.05, 3.63) is 0 Å². The van der Waals surface area contributed by atoms with Crippen LogP contribution in [0.15, 0.2) is 0 Å². The van der Waals surface area contributed by atoms with E-state index in [1.54, 1.807) is 0 Å². The summed E-state index contributed by atoms with van der Waals surface area (Å²) in [6, 6.07) is 0. The molecular formula is C5H13BNO2-. The molecule has 0 bridgehead atoms. The first-order chi connectivity index (χ1) is 4.33. The molecule has 9 heavy (non-hydrogen) atoms. The minimum atomic E-state index is -1.08. The molecule has 1 heterocycles. The molecule has 54 valence electrons. The summed E-state index contributed by atoms with van der Waals surface area (Å²) in [5.41, 5.74) is 0. The van der Waals surface area contributed by atoms with Crippen LogP contribution >= 0.6 is 0 Å². The number of nitrogens with one attached hydrogen (secondary N) is 1. The molecule has 0 aromatic carbocycles. The van der Waals surface area contributed by atoms with Gasteiger partial charge in [0.15, 0.2) is 0 Å². The third-order valence-corrected chi connectivity index (χ3v) is 1.83. The standard InChI is InChI=1S/C5H13BNO2/c1-3-6(7-2)8-4-5-9-6/h7H,3-5H2,1-2H3/q-1. The fourth-order valence-electron chi connectivity index (χ4n) is 1.13. The fraction of sp³-hybridized carbons (Fsp3) is 1.00. The Morgan fingerprint density at radius 3 is 2.22 bits per heavy atom. The summed E-state index contributed by atoms with van der Waals surface area (Å²) in [6.07, 6.45) is 0.913. The second kappa shape index (κ2) is 2.69. The van der Waals surface area contributed by atoms with Gasteiger partial charge in [0.25, 0.3) is 0 Å². The van der Waals surface area contributed by atoms with E-state index in [9.17, 15) is 0 Å². The van der Waals surface area contributed by atoms with Gasteiger partial charge in [0, 0.05) is 13.2 Å². The van der Waals surface area contributed by atoms with Crippen LogP contribution < -0.4 is 5.23 Å². The third-order valence-electron chi connectivity index (χ3n) is 1.83. The van der Waals surface area contributed by atoms with Crippen molar-refractivity contribution in [2.75, 3.05) is 20.3 Å². The Kier molecular flexibility index (Phi) is 2.11. The van der Waals surface area contributed by atoms with Crippen LogP contribution in [0.4, 0.5) is 0 Å². The first-order valence-corrected chi connectivity index (χ1v) is 3.45. The minimum Gasteiger partial charge on any atom is -0.553 e. The molecule has 1 aliphatic heterocycles. The van der Waals surface area contributed by atoms with E-state index in [4.69, 9.17) is 9.31 Å². The van der Waals surface area contributed by atoms with Crippen molar-refractivity contribution >= 4 is 6.69 Å². The van der Waals surface area contributed by atoms with Crippen LogP contribution in [0.25, 0.3) is 0 Å². The van der Waals surface area contributed by atoms with Crippen LogP contribution in [-0.2, 0) is 9.31 Å². The molecule has 0 aromatic heterocycles. The molecule has 1 N–H and O–H groups in total. The first kappa shape index (κ1) is 7.06. The lowest BCUT2D eigenvalue weighted by atomic mass is 9.69. The van der Waals surface area contributed by atoms with Crippen LogP contribution in [0.1, 0.15) is 6.92 Å². The monoisotopic (exact) mass is 130 g/mol. The molecule has 0 aromatic rings. The minimum absolute atomic E-state index is 0.731. The number of rotatable bonds is 2. The SMILES string of the molecule is CC[B-]1(NC)OCCO1. The van der Waals surface area contributed by atoms with Crippen molar-refractivity contribution in [1.82, 2.24) is 5.23 Å². The summed E-state index contributed by atoms with van der Waals surface area (Å²) in [6.45, 7) is 2.44. The van der Waals surface area contributed by atoms with Gasteiger partial charge in [-0.05, 0) is 7.05 Å². The Morgan fingerprint density at radius 2 is 2.00 bits per heavy atom. The smallest absolute Gasteiger partial charge is 0.314 e. The first-order valence-electron chi connectivity index (χ1n) is 3.45. The number of hydrogen-bond donors (Lipinski definition) is 1. The topological polar surface area (TPSA) is 30.5 Å². The normalized spacial score (nSPS) is 24.7. The largest absolute Gasteiger partial charge is 0.553 e. The lowest BCUT2D eigenvalue weighted by Gasteiger charge is -2.32. The maximum atomic E-state index is 5.37. The predicted molar refractivity (Wildman–Crippen MR) is 37.2 cm³/mol. The molecule has 3 nitrogen and oxygen atoms in total. The lowest BCUT2D eigenvalue weighted by Crippen LogP contribution is -2.49. The molecule has 0 aliphatic carbocycles. The zero-order valence-electron chi connectivity index (χ0n) is 6.02. The van der Waals surface area contributed by atoms with Crippen molar-refractivity contribution < 1.29 is 9.31 Å². The predicted octanol–water partition coefficient (Wildman–Crippen LogP) is 0.211. The molecule has 1 aliphatic rings. The third kappa shape index (κ3) is 1.26. The molecule has 1 rings (SSSR count). The van der Waals surface area contributed by atoms with Gasteiger partial charge < -0.3 is 14.5 Å². The van der Waals surface area contributed by atoms with Gasteiger partial charge in [-0.15, -0.1) is 6.32 Å². The van der Waals surface area contributed by atoms with E-state index in [1.807, 2.05) is 7.05 Å². The zero-order valence-corrected chi connectivity index (χ0v) is 6.02. The van der Waals surface area contributed by atoms with E-state index < -0.39 is 6.69 Å². The highest BCUT2D eigenvalue weighted by Gasteiger charge is 2.27. The Morgan fingerprint density at radius 1 is 1.44 bits per heavy atom. The average Bonchev–Trinajstić information content (AvgIpc) is 2.36. The maximum Gasteiger partial charge on any atom is 0.314 e. The number of hydrogen-bond acceptors (Lipinski definition) is 3. The van der Waals surface area contributed by atoms with Crippen LogP contribution in [0.3, 0.4) is 0 Å². The van der Waals surface area contributed by atoms with Crippen molar-refractivity contribution in [3.63, 3.8) is 0 Å². The van der Waals surface area contributed by atoms with E-state index in [2.05, 4.69) is 12.2 Å². The molecule has 0 unspecified atom stereocenters. The van der Waals surface area contributed by atoms with E-state index >= 15 is 0 Å². The van der Waals surface area contributed by atoms with Gasteiger partial charge in [-0.1, -0.05) is 6.92 Å². The van der Waals surface area contributed by atoms with Crippen LogP contribution in [0.5, 0.6) is 0 Å². The highest BCUT2D eigenvalue weighted by molar-refractivity contribution is 6.65. The fourth-order valence-corrected chi connectivity index (χ4v) is 1.13. The van der Waals surface area contributed by atoms with Gasteiger partial charge in [0.05, 0.1) is 0 Å². The Balaban J connectivity index is 2.45. The maximum absolute atomic E-state index is 5.37. The summed E-state index contributed by atoms with van der Waals surface area (Å²) in [5.74, 6) is 0. The molecule has 4 heteroatoms. The van der Waals surface area contributed by atoms with E-state index in [-0.39, 0.29) is 0 Å². The highest BCUT2D eigenvalue weighted by Crippen LogP contribution is 2.13. The zero-order chi connectivity index (χ0) is 6.74. The van der Waals surface area contributed by atoms with Crippen LogP contribution in [-0.4, -0.2) is 26.9 Å². The van der Waals surface area contributed by atoms with E-state index in [0.29, 0.717) is 0 Å². The van der Waals surface area contributed by atoms with E-state index in [1.165, 1.54) is 0 Å². The van der Waals surface area contributed by atoms with Gasteiger partial charge in [-0.25, -0.2) is 0 Å². The van der Waals surface area contributed by atoms with Gasteiger partial charge in [-0.2, -0.15) is 0 Å². The molecule has 0 spiro atoms. The van der Waals surface area contributed by atoms with Gasteiger partial charge in [-0.3, -0.25) is 0 Å². The molecule has 1 fully saturated rings. The molecule has 0 atom stereocenters. The summed E-state index contributed by atoms with van der Waals surface area (Å²) in [7, 11) is 1.87. The Bertz CT molecular complexity index is 87.0. The molecule has 1 saturated heterocycles. The summed E-state index contributed by atoms with van der Waals surface area (Å²) in [5, 5.41) is 3.05. The summed E-state index contributed by atoms with van der Waals surface area (Å²) in [4.78, 5) is 0. The van der Waals surface area contributed by atoms with E-state index in [0.717, 1.165) is 19.5 Å². The quantitative estimate of drug-likeness (QED) is 0.542. The van der Waals surface area contributed by atoms with Crippen molar-refractivity contribution in [2.45, 2.75) is 13.2 Å². The van der Waals surface area contributed by atoms with Gasteiger partial charge in [0.2, 0.25) is 0 Å². The van der Waals surface area contributed by atoms with Crippen molar-refractivity contribution in [2.24, 2.45) is 0 Å². The molecule has 0 amide bonds. The van der Waals surface area contributed by atoms with Crippen molar-refractivity contribution in [3.8, 4) is 0 Å². The summed E-state index contributed by atoms with van der Waals surface area (Å²) >= 11 is 0. The van der Waals surface area contributed by atoms with Crippen molar-refractivity contribution in [1.29, 1.82) is 0 Å². The highest BCUT2D eigenvalue weighted by atomic mass is 16.7. The second-order valence-electron chi connectivity index (χ2n) is 2.31. The van der Waals surface area contributed by atoms with Crippen LogP contribution in [0, 0.1) is 0 Å². The average molecular weight is 130 g/mol. The summed E-state index contributed by atoms with van der Waals surface area (Å²) < 4.78 is 10.7. The molecule has 0 saturated carbocycles. The Labute approximate surface area is 55.7 Å². The molecule has 0 radical (unpaired) electrons. The van der Waals surface area contributed by atoms with Crippen LogP contribution in [0.2, 0.25) is 6.32 Å². The Hall–Kier alpha value is -0.0551. The lowest BCUT2D eigenvalue weighted by molar-refractivity contribution is 0.321. The molecular weight excluding hydrogens is 117 g/mol. The van der Waals surface area contributed by atoms with Gasteiger partial charge >= 0.3 is 6.69 Å². The van der Waals surface area contributed by atoms with Gasteiger partial charge in [0.1, 0.15) is 0 Å².